The second kappa shape index (κ2) is 7.68. The Morgan fingerprint density at radius 2 is 2.15 bits per heavy atom. The first kappa shape index (κ1) is 18.1. The zero-order valence-corrected chi connectivity index (χ0v) is 15.4. The summed E-state index contributed by atoms with van der Waals surface area (Å²) in [7, 11) is 0. The van der Waals surface area contributed by atoms with Crippen molar-refractivity contribution in [2.45, 2.75) is 52.6 Å². The minimum Gasteiger partial charge on any atom is -0.361 e. The maximum absolute atomic E-state index is 12.9. The molecule has 0 saturated carbocycles. The van der Waals surface area contributed by atoms with Crippen LogP contribution in [-0.4, -0.2) is 33.4 Å². The maximum Gasteiger partial charge on any atom is 0.227 e. The third-order valence-electron chi connectivity index (χ3n) is 4.77. The number of rotatable bonds is 5. The molecule has 1 saturated heterocycles. The van der Waals surface area contributed by atoms with E-state index >= 15 is 0 Å². The van der Waals surface area contributed by atoms with Crippen LogP contribution in [0.3, 0.4) is 0 Å². The molecule has 1 atom stereocenters. The highest BCUT2D eigenvalue weighted by atomic mass is 16.5. The molecule has 2 aromatic rings. The quantitative estimate of drug-likeness (QED) is 0.887. The molecule has 3 rings (SSSR count). The summed E-state index contributed by atoms with van der Waals surface area (Å²) in [5.41, 5.74) is 3.30. The molecule has 1 aliphatic rings. The minimum absolute atomic E-state index is 0.0275. The number of likely N-dealkylation sites (tertiary alicyclic amines) is 1. The second-order valence-electron chi connectivity index (χ2n) is 6.69. The van der Waals surface area contributed by atoms with Crippen molar-refractivity contribution in [1.29, 1.82) is 0 Å². The third-order valence-corrected chi connectivity index (χ3v) is 4.77. The number of aromatic nitrogens is 2. The summed E-state index contributed by atoms with van der Waals surface area (Å²) < 4.78 is 5.16. The van der Waals surface area contributed by atoms with E-state index in [1.165, 1.54) is 6.92 Å². The monoisotopic (exact) mass is 356 g/mol. The topological polar surface area (TPSA) is 88.3 Å². The zero-order chi connectivity index (χ0) is 18.7. The Morgan fingerprint density at radius 3 is 2.85 bits per heavy atom. The van der Waals surface area contributed by atoms with Crippen molar-refractivity contribution >= 4 is 11.8 Å². The molecule has 1 N–H and O–H groups in total. The van der Waals surface area contributed by atoms with Gasteiger partial charge in [-0.2, -0.15) is 0 Å². The molecule has 2 amide bonds. The Hall–Kier alpha value is -2.70. The van der Waals surface area contributed by atoms with Gasteiger partial charge in [0.1, 0.15) is 5.76 Å². The van der Waals surface area contributed by atoms with Crippen LogP contribution in [0, 0.1) is 13.8 Å². The fourth-order valence-electron chi connectivity index (χ4n) is 3.38. The summed E-state index contributed by atoms with van der Waals surface area (Å²) in [4.78, 5) is 30.5. The molecule has 1 aliphatic heterocycles. The average molecular weight is 356 g/mol. The van der Waals surface area contributed by atoms with E-state index in [0.717, 1.165) is 42.0 Å². The Labute approximate surface area is 152 Å². The molecule has 1 fully saturated rings. The van der Waals surface area contributed by atoms with E-state index in [9.17, 15) is 9.59 Å². The number of carbonyl (C=O) groups is 2. The van der Waals surface area contributed by atoms with Crippen molar-refractivity contribution in [3.63, 3.8) is 0 Å². The van der Waals surface area contributed by atoms with E-state index in [2.05, 4.69) is 15.5 Å². The molecule has 138 valence electrons. The second-order valence-corrected chi connectivity index (χ2v) is 6.69. The standard InChI is InChI=1S/C19H24N4O3/c1-12-16(13(2)26-22-12)10-19(25)23-9-5-8-18(23)17-7-4-6-15(21-17)11-20-14(3)24/h4,6-7,18H,5,8-11H2,1-3H3,(H,20,24). The van der Waals surface area contributed by atoms with Gasteiger partial charge >= 0.3 is 0 Å². The molecular weight excluding hydrogens is 332 g/mol. The van der Waals surface area contributed by atoms with Crippen LogP contribution < -0.4 is 5.32 Å². The number of pyridine rings is 1. The van der Waals surface area contributed by atoms with Gasteiger partial charge in [0, 0.05) is 19.0 Å². The highest BCUT2D eigenvalue weighted by Gasteiger charge is 2.31. The maximum atomic E-state index is 12.9. The lowest BCUT2D eigenvalue weighted by Gasteiger charge is -2.24. The molecule has 0 aromatic carbocycles. The number of amides is 2. The number of nitrogens with one attached hydrogen (secondary N) is 1. The molecule has 0 radical (unpaired) electrons. The number of aryl methyl sites for hydroxylation is 2. The van der Waals surface area contributed by atoms with E-state index < -0.39 is 0 Å². The van der Waals surface area contributed by atoms with Crippen LogP contribution in [0.4, 0.5) is 0 Å². The fraction of sp³-hybridized carbons (Fsp3) is 0.474. The highest BCUT2D eigenvalue weighted by Crippen LogP contribution is 2.31. The Bertz CT molecular complexity index is 795. The summed E-state index contributed by atoms with van der Waals surface area (Å²) >= 11 is 0. The van der Waals surface area contributed by atoms with Crippen LogP contribution in [0.25, 0.3) is 0 Å². The van der Waals surface area contributed by atoms with Gasteiger partial charge in [-0.15, -0.1) is 0 Å². The molecule has 7 heteroatoms. The molecule has 0 spiro atoms. The number of hydrogen-bond donors (Lipinski definition) is 1. The summed E-state index contributed by atoms with van der Waals surface area (Å²) in [6.07, 6.45) is 2.14. The Balaban J connectivity index is 1.74. The first-order valence-electron chi connectivity index (χ1n) is 8.87. The SMILES string of the molecule is CC(=O)NCc1cccc(C2CCCN2C(=O)Cc2c(C)noc2C)n1. The molecule has 0 aliphatic carbocycles. The van der Waals surface area contributed by atoms with Gasteiger partial charge in [-0.05, 0) is 38.8 Å². The van der Waals surface area contributed by atoms with Gasteiger partial charge in [-0.1, -0.05) is 11.2 Å². The number of hydrogen-bond acceptors (Lipinski definition) is 5. The lowest BCUT2D eigenvalue weighted by molar-refractivity contribution is -0.131. The normalized spacial score (nSPS) is 16.7. The smallest absolute Gasteiger partial charge is 0.227 e. The van der Waals surface area contributed by atoms with Crippen molar-refractivity contribution in [3.05, 3.63) is 46.6 Å². The van der Waals surface area contributed by atoms with E-state index in [1.54, 1.807) is 0 Å². The van der Waals surface area contributed by atoms with Gasteiger partial charge in [0.15, 0.2) is 0 Å². The average Bonchev–Trinajstić information content (AvgIpc) is 3.22. The van der Waals surface area contributed by atoms with Gasteiger partial charge in [0.25, 0.3) is 0 Å². The predicted molar refractivity (Wildman–Crippen MR) is 95.1 cm³/mol. The third kappa shape index (κ3) is 3.92. The van der Waals surface area contributed by atoms with E-state index in [0.29, 0.717) is 18.7 Å². The summed E-state index contributed by atoms with van der Waals surface area (Å²) in [6, 6.07) is 5.73. The molecule has 2 aromatic heterocycles. The molecule has 7 nitrogen and oxygen atoms in total. The van der Waals surface area contributed by atoms with Crippen molar-refractivity contribution in [2.75, 3.05) is 6.54 Å². The summed E-state index contributed by atoms with van der Waals surface area (Å²) in [5.74, 6) is 0.673. The van der Waals surface area contributed by atoms with Crippen LogP contribution in [0.2, 0.25) is 0 Å². The van der Waals surface area contributed by atoms with Crippen molar-refractivity contribution in [1.82, 2.24) is 20.4 Å². The fourth-order valence-corrected chi connectivity index (χ4v) is 3.38. The highest BCUT2D eigenvalue weighted by molar-refractivity contribution is 5.80. The van der Waals surface area contributed by atoms with E-state index in [1.807, 2.05) is 36.9 Å². The minimum atomic E-state index is -0.0886. The van der Waals surface area contributed by atoms with Crippen molar-refractivity contribution < 1.29 is 14.1 Å². The number of nitrogens with zero attached hydrogens (tertiary/aromatic N) is 3. The van der Waals surface area contributed by atoms with Crippen molar-refractivity contribution in [3.8, 4) is 0 Å². The van der Waals surface area contributed by atoms with Crippen LogP contribution in [0.1, 0.15) is 54.2 Å². The first-order chi connectivity index (χ1) is 12.5. The lowest BCUT2D eigenvalue weighted by atomic mass is 10.1. The van der Waals surface area contributed by atoms with Gasteiger partial charge in [-0.25, -0.2) is 0 Å². The molecule has 26 heavy (non-hydrogen) atoms. The first-order valence-corrected chi connectivity index (χ1v) is 8.87. The van der Waals surface area contributed by atoms with Crippen LogP contribution >= 0.6 is 0 Å². The largest absolute Gasteiger partial charge is 0.361 e. The summed E-state index contributed by atoms with van der Waals surface area (Å²) in [6.45, 7) is 6.29. The number of carbonyl (C=O) groups excluding carboxylic acids is 2. The van der Waals surface area contributed by atoms with E-state index in [-0.39, 0.29) is 17.9 Å². The zero-order valence-electron chi connectivity index (χ0n) is 15.4. The molecule has 0 bridgehead atoms. The Morgan fingerprint density at radius 1 is 1.35 bits per heavy atom. The van der Waals surface area contributed by atoms with Crippen molar-refractivity contribution in [2.24, 2.45) is 0 Å². The van der Waals surface area contributed by atoms with Crippen LogP contribution in [-0.2, 0) is 22.6 Å². The van der Waals surface area contributed by atoms with Gasteiger partial charge in [0.05, 0.1) is 36.1 Å². The molecule has 1 unspecified atom stereocenters. The molecular formula is C19H24N4O3. The lowest BCUT2D eigenvalue weighted by Crippen LogP contribution is -2.32. The van der Waals surface area contributed by atoms with Crippen LogP contribution in [0.5, 0.6) is 0 Å². The Kier molecular flexibility index (Phi) is 5.35. The van der Waals surface area contributed by atoms with Gasteiger partial charge < -0.3 is 14.7 Å². The van der Waals surface area contributed by atoms with Crippen LogP contribution in [0.15, 0.2) is 22.7 Å². The van der Waals surface area contributed by atoms with Gasteiger partial charge in [-0.3, -0.25) is 14.6 Å². The van der Waals surface area contributed by atoms with Gasteiger partial charge in [0.2, 0.25) is 11.8 Å². The molecule has 3 heterocycles. The van der Waals surface area contributed by atoms with E-state index in [4.69, 9.17) is 4.52 Å². The predicted octanol–water partition coefficient (Wildman–Crippen LogP) is 2.23. The summed E-state index contributed by atoms with van der Waals surface area (Å²) in [5, 5.41) is 6.68.